The molecule has 156 valence electrons. The summed E-state index contributed by atoms with van der Waals surface area (Å²) >= 11 is 3.40. The van der Waals surface area contributed by atoms with Crippen molar-refractivity contribution < 1.29 is 17.9 Å². The van der Waals surface area contributed by atoms with Crippen LogP contribution in [-0.2, 0) is 21.2 Å². The molecule has 2 aromatic carbocycles. The molecule has 1 fully saturated rings. The van der Waals surface area contributed by atoms with Gasteiger partial charge in [-0.3, -0.25) is 4.79 Å². The van der Waals surface area contributed by atoms with Crippen molar-refractivity contribution in [1.82, 2.24) is 9.62 Å². The normalized spacial score (nSPS) is 16.4. The maximum absolute atomic E-state index is 13.2. The Bertz CT molecular complexity index is 971. The summed E-state index contributed by atoms with van der Waals surface area (Å²) in [4.78, 5) is 13.0. The van der Waals surface area contributed by atoms with Gasteiger partial charge in [-0.2, -0.15) is 4.31 Å². The van der Waals surface area contributed by atoms with Crippen LogP contribution in [0.3, 0.4) is 0 Å². The number of nitrogens with one attached hydrogen (secondary N) is 1. The Balaban J connectivity index is 1.85. The van der Waals surface area contributed by atoms with Gasteiger partial charge in [0.05, 0.1) is 24.2 Å². The predicted molar refractivity (Wildman–Crippen MR) is 115 cm³/mol. The second-order valence-corrected chi connectivity index (χ2v) is 9.76. The summed E-state index contributed by atoms with van der Waals surface area (Å²) < 4.78 is 34.0. The van der Waals surface area contributed by atoms with Crippen LogP contribution in [0.15, 0.2) is 51.8 Å². The van der Waals surface area contributed by atoms with E-state index in [0.717, 1.165) is 10.0 Å². The molecule has 29 heavy (non-hydrogen) atoms. The van der Waals surface area contributed by atoms with Crippen molar-refractivity contribution in [2.24, 2.45) is 0 Å². The lowest BCUT2D eigenvalue weighted by Gasteiger charge is -2.27. The fraction of sp³-hybridized carbons (Fsp3) is 0.381. The molecule has 0 saturated carbocycles. The summed E-state index contributed by atoms with van der Waals surface area (Å²) in [5.74, 6) is -0.304. The largest absolute Gasteiger partial charge is 0.379 e. The van der Waals surface area contributed by atoms with Gasteiger partial charge in [-0.15, -0.1) is 0 Å². The minimum Gasteiger partial charge on any atom is -0.379 e. The van der Waals surface area contributed by atoms with E-state index in [1.165, 1.54) is 10.4 Å². The highest BCUT2D eigenvalue weighted by molar-refractivity contribution is 9.10. The number of ether oxygens (including phenoxy) is 1. The zero-order chi connectivity index (χ0) is 21.0. The molecule has 1 saturated heterocycles. The first-order chi connectivity index (χ1) is 13.8. The number of carbonyl (C=O) groups excluding carboxylic acids is 1. The summed E-state index contributed by atoms with van der Waals surface area (Å²) in [6.45, 7) is 5.21. The van der Waals surface area contributed by atoms with Gasteiger partial charge in [0, 0.05) is 23.1 Å². The lowest BCUT2D eigenvalue weighted by atomic mass is 10.1. The van der Waals surface area contributed by atoms with Gasteiger partial charge in [0.1, 0.15) is 0 Å². The van der Waals surface area contributed by atoms with Crippen LogP contribution in [0.4, 0.5) is 0 Å². The molecule has 1 heterocycles. The molecule has 6 nitrogen and oxygen atoms in total. The molecule has 1 unspecified atom stereocenters. The van der Waals surface area contributed by atoms with Crippen LogP contribution in [0, 0.1) is 0 Å². The van der Waals surface area contributed by atoms with Gasteiger partial charge in [0.2, 0.25) is 10.0 Å². The second kappa shape index (κ2) is 9.38. The number of hydrogen-bond donors (Lipinski definition) is 1. The highest BCUT2D eigenvalue weighted by Gasteiger charge is 2.29. The van der Waals surface area contributed by atoms with Gasteiger partial charge in [-0.25, -0.2) is 8.42 Å². The summed E-state index contributed by atoms with van der Waals surface area (Å²) in [5, 5.41) is 2.94. The number of sulfonamides is 1. The Morgan fingerprint density at radius 3 is 2.45 bits per heavy atom. The molecule has 0 radical (unpaired) electrons. The lowest BCUT2D eigenvalue weighted by molar-refractivity contribution is 0.0730. The van der Waals surface area contributed by atoms with Crippen molar-refractivity contribution in [3.63, 3.8) is 0 Å². The molecule has 1 aliphatic heterocycles. The van der Waals surface area contributed by atoms with E-state index in [9.17, 15) is 13.2 Å². The first-order valence-corrected chi connectivity index (χ1v) is 11.8. The Hall–Kier alpha value is -1.74. The average Bonchev–Trinajstić information content (AvgIpc) is 2.74. The van der Waals surface area contributed by atoms with Gasteiger partial charge in [-0.1, -0.05) is 41.1 Å². The number of carbonyl (C=O) groups is 1. The topological polar surface area (TPSA) is 75.7 Å². The van der Waals surface area contributed by atoms with Crippen molar-refractivity contribution >= 4 is 31.9 Å². The van der Waals surface area contributed by atoms with E-state index in [0.29, 0.717) is 43.9 Å². The standard InChI is InChI=1S/C21H25BrN2O4S/c1-3-16-4-5-18(14-20(16)29(26,27)24-10-12-28-13-11-24)21(25)23-15(2)17-6-8-19(22)9-7-17/h4-9,14-15H,3,10-13H2,1-2H3,(H,23,25). The minimum atomic E-state index is -3.68. The molecule has 0 aromatic heterocycles. The van der Waals surface area contributed by atoms with Crippen molar-refractivity contribution in [3.8, 4) is 0 Å². The third-order valence-electron chi connectivity index (χ3n) is 5.02. The zero-order valence-corrected chi connectivity index (χ0v) is 18.9. The number of morpholine rings is 1. The third kappa shape index (κ3) is 5.06. The summed E-state index contributed by atoms with van der Waals surface area (Å²) in [7, 11) is -3.68. The number of halogens is 1. The molecule has 1 amide bonds. The van der Waals surface area contributed by atoms with Crippen LogP contribution >= 0.6 is 15.9 Å². The van der Waals surface area contributed by atoms with Crippen LogP contribution in [0.25, 0.3) is 0 Å². The number of hydrogen-bond acceptors (Lipinski definition) is 4. The number of amides is 1. The van der Waals surface area contributed by atoms with Gasteiger partial charge >= 0.3 is 0 Å². The summed E-state index contributed by atoms with van der Waals surface area (Å²) in [5.41, 5.74) is 2.00. The number of nitrogens with zero attached hydrogens (tertiary/aromatic N) is 1. The fourth-order valence-electron chi connectivity index (χ4n) is 3.27. The Morgan fingerprint density at radius 2 is 1.83 bits per heavy atom. The van der Waals surface area contributed by atoms with E-state index in [1.807, 2.05) is 38.1 Å². The molecule has 1 aliphatic rings. The fourth-order valence-corrected chi connectivity index (χ4v) is 5.26. The van der Waals surface area contributed by atoms with E-state index < -0.39 is 10.0 Å². The van der Waals surface area contributed by atoms with Gasteiger partial charge in [0.15, 0.2) is 0 Å². The van der Waals surface area contributed by atoms with Crippen LogP contribution in [-0.4, -0.2) is 44.9 Å². The van der Waals surface area contributed by atoms with Crippen molar-refractivity contribution in [3.05, 3.63) is 63.6 Å². The molecule has 0 spiro atoms. The quantitative estimate of drug-likeness (QED) is 0.685. The SMILES string of the molecule is CCc1ccc(C(=O)NC(C)c2ccc(Br)cc2)cc1S(=O)(=O)N1CCOCC1. The third-order valence-corrected chi connectivity index (χ3v) is 7.53. The second-order valence-electron chi connectivity index (χ2n) is 6.94. The molecule has 1 N–H and O–H groups in total. The number of rotatable bonds is 6. The molecular weight excluding hydrogens is 456 g/mol. The highest BCUT2D eigenvalue weighted by Crippen LogP contribution is 2.24. The predicted octanol–water partition coefficient (Wildman–Crippen LogP) is 3.52. The van der Waals surface area contributed by atoms with Crippen LogP contribution in [0.2, 0.25) is 0 Å². The van der Waals surface area contributed by atoms with E-state index in [-0.39, 0.29) is 16.8 Å². The smallest absolute Gasteiger partial charge is 0.251 e. The average molecular weight is 481 g/mol. The molecule has 1 atom stereocenters. The zero-order valence-electron chi connectivity index (χ0n) is 16.5. The summed E-state index contributed by atoms with van der Waals surface area (Å²) in [6.07, 6.45) is 0.566. The van der Waals surface area contributed by atoms with E-state index in [4.69, 9.17) is 4.74 Å². The molecule has 0 bridgehead atoms. The Kier molecular flexibility index (Phi) is 7.10. The van der Waals surface area contributed by atoms with Crippen molar-refractivity contribution in [2.75, 3.05) is 26.3 Å². The monoisotopic (exact) mass is 480 g/mol. The van der Waals surface area contributed by atoms with Gasteiger partial charge in [-0.05, 0) is 48.7 Å². The van der Waals surface area contributed by atoms with E-state index in [1.54, 1.807) is 12.1 Å². The Morgan fingerprint density at radius 1 is 1.17 bits per heavy atom. The van der Waals surface area contributed by atoms with Gasteiger partial charge in [0.25, 0.3) is 5.91 Å². The van der Waals surface area contributed by atoms with E-state index in [2.05, 4.69) is 21.2 Å². The first-order valence-electron chi connectivity index (χ1n) is 9.60. The minimum absolute atomic E-state index is 0.200. The summed E-state index contributed by atoms with van der Waals surface area (Å²) in [6, 6.07) is 12.4. The molecule has 0 aliphatic carbocycles. The number of aryl methyl sites for hydroxylation is 1. The maximum atomic E-state index is 13.2. The first kappa shape index (κ1) is 22.0. The van der Waals surface area contributed by atoms with Crippen LogP contribution < -0.4 is 5.32 Å². The van der Waals surface area contributed by atoms with Gasteiger partial charge < -0.3 is 10.1 Å². The molecule has 3 rings (SSSR count). The number of benzene rings is 2. The van der Waals surface area contributed by atoms with Crippen LogP contribution in [0.5, 0.6) is 0 Å². The Labute approximate surface area is 180 Å². The van der Waals surface area contributed by atoms with Crippen LogP contribution in [0.1, 0.15) is 41.4 Å². The lowest BCUT2D eigenvalue weighted by Crippen LogP contribution is -2.41. The van der Waals surface area contributed by atoms with Crippen molar-refractivity contribution in [1.29, 1.82) is 0 Å². The maximum Gasteiger partial charge on any atom is 0.251 e. The molecular formula is C21H25BrN2O4S. The highest BCUT2D eigenvalue weighted by atomic mass is 79.9. The van der Waals surface area contributed by atoms with Crippen molar-refractivity contribution in [2.45, 2.75) is 31.2 Å². The molecule has 8 heteroatoms. The molecule has 2 aromatic rings. The van der Waals surface area contributed by atoms with E-state index >= 15 is 0 Å².